The van der Waals surface area contributed by atoms with Crippen molar-refractivity contribution in [3.05, 3.63) is 29.8 Å². The molecule has 0 spiro atoms. The van der Waals surface area contributed by atoms with E-state index in [0.29, 0.717) is 0 Å². The van der Waals surface area contributed by atoms with Crippen LogP contribution in [-0.4, -0.2) is 35.0 Å². The third kappa shape index (κ3) is 3.01. The number of hydrogen-bond acceptors (Lipinski definition) is 3. The molecule has 98 valence electrons. The van der Waals surface area contributed by atoms with Crippen LogP contribution in [0.15, 0.2) is 24.3 Å². The van der Waals surface area contributed by atoms with E-state index >= 15 is 0 Å². The maximum absolute atomic E-state index is 12.1. The molecule has 18 heavy (non-hydrogen) atoms. The van der Waals surface area contributed by atoms with Gasteiger partial charge in [0.2, 0.25) is 5.91 Å². The minimum Gasteiger partial charge on any atom is -0.392 e. The Morgan fingerprint density at radius 1 is 1.44 bits per heavy atom. The molecule has 1 atom stereocenters. The van der Waals surface area contributed by atoms with Crippen molar-refractivity contribution in [2.24, 2.45) is 0 Å². The van der Waals surface area contributed by atoms with Gasteiger partial charge in [0, 0.05) is 18.8 Å². The molecule has 4 nitrogen and oxygen atoms in total. The predicted molar refractivity (Wildman–Crippen MR) is 71.3 cm³/mol. The van der Waals surface area contributed by atoms with Crippen LogP contribution in [-0.2, 0) is 11.4 Å². The van der Waals surface area contributed by atoms with Crippen LogP contribution in [0.1, 0.15) is 25.3 Å². The molecule has 1 saturated heterocycles. The zero-order valence-electron chi connectivity index (χ0n) is 10.7. The normalized spacial score (nSPS) is 16.7. The monoisotopic (exact) mass is 248 g/mol. The molecule has 1 amide bonds. The van der Waals surface area contributed by atoms with E-state index in [0.717, 1.165) is 37.2 Å². The van der Waals surface area contributed by atoms with E-state index < -0.39 is 0 Å². The van der Waals surface area contributed by atoms with E-state index in [1.165, 1.54) is 0 Å². The summed E-state index contributed by atoms with van der Waals surface area (Å²) in [6, 6.07) is 7.29. The molecule has 0 radical (unpaired) electrons. The van der Waals surface area contributed by atoms with Crippen LogP contribution in [0, 0.1) is 0 Å². The summed E-state index contributed by atoms with van der Waals surface area (Å²) >= 11 is 0. The van der Waals surface area contributed by atoms with Crippen molar-refractivity contribution in [3.8, 4) is 0 Å². The summed E-state index contributed by atoms with van der Waals surface area (Å²) < 4.78 is 0. The maximum Gasteiger partial charge on any atom is 0.244 e. The number of anilines is 1. The Bertz CT molecular complexity index is 414. The number of nitrogens with one attached hydrogen (secondary N) is 1. The van der Waals surface area contributed by atoms with Gasteiger partial charge < -0.3 is 15.3 Å². The smallest absolute Gasteiger partial charge is 0.244 e. The number of nitrogens with zero attached hydrogens (tertiary/aromatic N) is 1. The molecule has 0 bridgehead atoms. The van der Waals surface area contributed by atoms with Crippen molar-refractivity contribution in [3.63, 3.8) is 0 Å². The lowest BCUT2D eigenvalue weighted by molar-refractivity contribution is -0.130. The second kappa shape index (κ2) is 5.87. The molecule has 0 aliphatic carbocycles. The number of benzene rings is 1. The fourth-order valence-corrected chi connectivity index (χ4v) is 2.28. The largest absolute Gasteiger partial charge is 0.392 e. The SMILES string of the molecule is CC(Nc1cccc(CO)c1)C(=O)N1CCCC1. The number of carbonyl (C=O) groups is 1. The summed E-state index contributed by atoms with van der Waals surface area (Å²) in [6.45, 7) is 3.65. The number of aliphatic hydroxyl groups is 1. The van der Waals surface area contributed by atoms with Crippen LogP contribution < -0.4 is 5.32 Å². The molecule has 1 fully saturated rings. The lowest BCUT2D eigenvalue weighted by atomic mass is 10.2. The molecule has 1 unspecified atom stereocenters. The zero-order chi connectivity index (χ0) is 13.0. The van der Waals surface area contributed by atoms with Crippen LogP contribution in [0.5, 0.6) is 0 Å². The molecular formula is C14H20N2O2. The Morgan fingerprint density at radius 3 is 2.83 bits per heavy atom. The topological polar surface area (TPSA) is 52.6 Å². The van der Waals surface area contributed by atoms with E-state index in [9.17, 15) is 4.79 Å². The highest BCUT2D eigenvalue weighted by atomic mass is 16.3. The standard InChI is InChI=1S/C14H20N2O2/c1-11(14(18)16-7-2-3-8-16)15-13-6-4-5-12(9-13)10-17/h4-6,9,11,15,17H,2-3,7-8,10H2,1H3. The third-order valence-electron chi connectivity index (χ3n) is 3.28. The molecule has 0 aromatic heterocycles. The first-order valence-electron chi connectivity index (χ1n) is 6.46. The number of carbonyl (C=O) groups excluding carboxylic acids is 1. The number of rotatable bonds is 4. The lowest BCUT2D eigenvalue weighted by Crippen LogP contribution is -2.39. The summed E-state index contributed by atoms with van der Waals surface area (Å²) in [4.78, 5) is 14.0. The van der Waals surface area contributed by atoms with Crippen LogP contribution in [0.3, 0.4) is 0 Å². The molecule has 1 aliphatic rings. The Morgan fingerprint density at radius 2 is 2.17 bits per heavy atom. The Labute approximate surface area is 108 Å². The quantitative estimate of drug-likeness (QED) is 0.851. The highest BCUT2D eigenvalue weighted by Gasteiger charge is 2.22. The molecule has 2 rings (SSSR count). The molecule has 2 N–H and O–H groups in total. The van der Waals surface area contributed by atoms with Gasteiger partial charge in [-0.3, -0.25) is 4.79 Å². The Balaban J connectivity index is 1.97. The second-order valence-corrected chi connectivity index (χ2v) is 4.76. The van der Waals surface area contributed by atoms with Crippen LogP contribution in [0.25, 0.3) is 0 Å². The van der Waals surface area contributed by atoms with Gasteiger partial charge in [0.05, 0.1) is 6.61 Å². The van der Waals surface area contributed by atoms with Gasteiger partial charge in [-0.1, -0.05) is 12.1 Å². The average molecular weight is 248 g/mol. The highest BCUT2D eigenvalue weighted by Crippen LogP contribution is 2.14. The number of hydrogen-bond donors (Lipinski definition) is 2. The van der Waals surface area contributed by atoms with Gasteiger partial charge in [-0.2, -0.15) is 0 Å². The number of amides is 1. The van der Waals surface area contributed by atoms with E-state index in [-0.39, 0.29) is 18.6 Å². The van der Waals surface area contributed by atoms with Gasteiger partial charge >= 0.3 is 0 Å². The van der Waals surface area contributed by atoms with Gasteiger partial charge in [-0.25, -0.2) is 0 Å². The molecule has 1 aromatic rings. The number of likely N-dealkylation sites (tertiary alicyclic amines) is 1. The highest BCUT2D eigenvalue weighted by molar-refractivity contribution is 5.84. The maximum atomic E-state index is 12.1. The first-order valence-corrected chi connectivity index (χ1v) is 6.46. The van der Waals surface area contributed by atoms with E-state index in [1.54, 1.807) is 0 Å². The Kier molecular flexibility index (Phi) is 4.20. The fourth-order valence-electron chi connectivity index (χ4n) is 2.28. The summed E-state index contributed by atoms with van der Waals surface area (Å²) in [7, 11) is 0. The van der Waals surface area contributed by atoms with Gasteiger partial charge in [0.1, 0.15) is 6.04 Å². The van der Waals surface area contributed by atoms with E-state index in [4.69, 9.17) is 5.11 Å². The van der Waals surface area contributed by atoms with Crippen LogP contribution in [0.4, 0.5) is 5.69 Å². The molecule has 1 aliphatic heterocycles. The first kappa shape index (κ1) is 12.9. The van der Waals surface area contributed by atoms with E-state index in [2.05, 4.69) is 5.32 Å². The summed E-state index contributed by atoms with van der Waals surface area (Å²) in [5.74, 6) is 0.155. The van der Waals surface area contributed by atoms with Gasteiger partial charge in [0.15, 0.2) is 0 Å². The zero-order valence-corrected chi connectivity index (χ0v) is 10.7. The summed E-state index contributed by atoms with van der Waals surface area (Å²) in [5.41, 5.74) is 1.72. The number of aliphatic hydroxyl groups excluding tert-OH is 1. The molecule has 1 heterocycles. The summed E-state index contributed by atoms with van der Waals surface area (Å²) in [5, 5.41) is 12.3. The average Bonchev–Trinajstić information content (AvgIpc) is 2.92. The molecule has 4 heteroatoms. The first-order chi connectivity index (χ1) is 8.70. The van der Waals surface area contributed by atoms with Crippen LogP contribution in [0.2, 0.25) is 0 Å². The van der Waals surface area contributed by atoms with Crippen molar-refractivity contribution >= 4 is 11.6 Å². The van der Waals surface area contributed by atoms with Gasteiger partial charge in [-0.05, 0) is 37.5 Å². The fraction of sp³-hybridized carbons (Fsp3) is 0.500. The molecule has 1 aromatic carbocycles. The minimum atomic E-state index is -0.225. The predicted octanol–water partition coefficient (Wildman–Crippen LogP) is 1.60. The van der Waals surface area contributed by atoms with Crippen molar-refractivity contribution in [2.75, 3.05) is 18.4 Å². The van der Waals surface area contributed by atoms with Crippen molar-refractivity contribution in [1.29, 1.82) is 0 Å². The molecular weight excluding hydrogens is 228 g/mol. The van der Waals surface area contributed by atoms with E-state index in [1.807, 2.05) is 36.1 Å². The van der Waals surface area contributed by atoms with Gasteiger partial charge in [-0.15, -0.1) is 0 Å². The second-order valence-electron chi connectivity index (χ2n) is 4.76. The van der Waals surface area contributed by atoms with Crippen molar-refractivity contribution < 1.29 is 9.90 Å². The third-order valence-corrected chi connectivity index (χ3v) is 3.28. The van der Waals surface area contributed by atoms with Crippen molar-refractivity contribution in [1.82, 2.24) is 4.90 Å². The van der Waals surface area contributed by atoms with Crippen molar-refractivity contribution in [2.45, 2.75) is 32.4 Å². The lowest BCUT2D eigenvalue weighted by Gasteiger charge is -2.22. The summed E-state index contributed by atoms with van der Waals surface area (Å²) in [6.07, 6.45) is 2.22. The van der Waals surface area contributed by atoms with Gasteiger partial charge in [0.25, 0.3) is 0 Å². The van der Waals surface area contributed by atoms with Crippen LogP contribution >= 0.6 is 0 Å². The Hall–Kier alpha value is -1.55. The molecule has 0 saturated carbocycles. The minimum absolute atomic E-state index is 0.0178.